The Hall–Kier alpha value is -0.530. The standard InChI is InChI=1S/C16H24ClN/c1-12(14-6-4-5-7-15(14)17)18-13-8-10-16(2,3)11-9-13/h4-7,12-13,18H,8-11H2,1-3H3/t12-/m0/s1. The van der Waals surface area contributed by atoms with E-state index in [2.05, 4.69) is 38.2 Å². The zero-order chi connectivity index (χ0) is 13.2. The van der Waals surface area contributed by atoms with Crippen LogP contribution >= 0.6 is 11.6 Å². The third-order valence-electron chi connectivity index (χ3n) is 4.20. The number of benzene rings is 1. The SMILES string of the molecule is C[C@H](NC1CCC(C)(C)CC1)c1ccccc1Cl. The molecular weight excluding hydrogens is 242 g/mol. The van der Waals surface area contributed by atoms with Gasteiger partial charge in [0.1, 0.15) is 0 Å². The minimum Gasteiger partial charge on any atom is -0.307 e. The zero-order valence-electron chi connectivity index (χ0n) is 11.7. The van der Waals surface area contributed by atoms with E-state index in [0.717, 1.165) is 5.02 Å². The molecule has 0 aliphatic heterocycles. The van der Waals surface area contributed by atoms with Gasteiger partial charge in [0.2, 0.25) is 0 Å². The molecule has 2 heteroatoms. The predicted octanol–water partition coefficient (Wildman–Crippen LogP) is 4.96. The first-order valence-corrected chi connectivity index (χ1v) is 7.36. The van der Waals surface area contributed by atoms with Gasteiger partial charge in [0.15, 0.2) is 0 Å². The Morgan fingerprint density at radius 1 is 1.22 bits per heavy atom. The smallest absolute Gasteiger partial charge is 0.0453 e. The predicted molar refractivity (Wildman–Crippen MR) is 79.0 cm³/mol. The molecule has 2 rings (SSSR count). The second-order valence-corrected chi connectivity index (χ2v) is 6.76. The lowest BCUT2D eigenvalue weighted by Crippen LogP contribution is -2.37. The van der Waals surface area contributed by atoms with Crippen LogP contribution in [0.25, 0.3) is 0 Å². The van der Waals surface area contributed by atoms with Crippen LogP contribution < -0.4 is 5.32 Å². The minimum absolute atomic E-state index is 0.338. The highest BCUT2D eigenvalue weighted by molar-refractivity contribution is 6.31. The average Bonchev–Trinajstić information content (AvgIpc) is 2.32. The summed E-state index contributed by atoms with van der Waals surface area (Å²) < 4.78 is 0. The molecule has 1 nitrogen and oxygen atoms in total. The minimum atomic E-state index is 0.338. The van der Waals surface area contributed by atoms with E-state index in [1.54, 1.807) is 0 Å². The molecular formula is C16H24ClN. The summed E-state index contributed by atoms with van der Waals surface area (Å²) in [6.45, 7) is 6.96. The summed E-state index contributed by atoms with van der Waals surface area (Å²) in [5, 5.41) is 4.60. The van der Waals surface area contributed by atoms with Gasteiger partial charge in [-0.1, -0.05) is 43.6 Å². The van der Waals surface area contributed by atoms with Gasteiger partial charge in [0, 0.05) is 17.1 Å². The molecule has 0 aromatic heterocycles. The fourth-order valence-electron chi connectivity index (χ4n) is 2.84. The maximum absolute atomic E-state index is 6.24. The van der Waals surface area contributed by atoms with Crippen molar-refractivity contribution in [3.8, 4) is 0 Å². The molecule has 1 N–H and O–H groups in total. The zero-order valence-corrected chi connectivity index (χ0v) is 12.4. The van der Waals surface area contributed by atoms with Crippen LogP contribution in [0.2, 0.25) is 5.02 Å². The van der Waals surface area contributed by atoms with Gasteiger partial charge in [-0.3, -0.25) is 0 Å². The van der Waals surface area contributed by atoms with E-state index in [-0.39, 0.29) is 0 Å². The summed E-state index contributed by atoms with van der Waals surface area (Å²) >= 11 is 6.24. The number of halogens is 1. The van der Waals surface area contributed by atoms with Crippen molar-refractivity contribution in [2.24, 2.45) is 5.41 Å². The number of nitrogens with one attached hydrogen (secondary N) is 1. The lowest BCUT2D eigenvalue weighted by atomic mass is 9.75. The van der Waals surface area contributed by atoms with Gasteiger partial charge in [0.25, 0.3) is 0 Å². The molecule has 1 aromatic carbocycles. The molecule has 100 valence electrons. The molecule has 1 saturated carbocycles. The Bertz CT molecular complexity index is 390. The van der Waals surface area contributed by atoms with E-state index in [0.29, 0.717) is 17.5 Å². The number of hydrogen-bond donors (Lipinski definition) is 1. The first-order chi connectivity index (χ1) is 8.48. The summed E-state index contributed by atoms with van der Waals surface area (Å²) in [6, 6.07) is 9.12. The van der Waals surface area contributed by atoms with Crippen molar-refractivity contribution in [3.05, 3.63) is 34.9 Å². The van der Waals surface area contributed by atoms with Crippen LogP contribution in [0.3, 0.4) is 0 Å². The lowest BCUT2D eigenvalue weighted by molar-refractivity contribution is 0.200. The van der Waals surface area contributed by atoms with Crippen LogP contribution in [0.15, 0.2) is 24.3 Å². The Labute approximate surface area is 116 Å². The Morgan fingerprint density at radius 3 is 2.44 bits per heavy atom. The Kier molecular flexibility index (Phi) is 4.34. The fraction of sp³-hybridized carbons (Fsp3) is 0.625. The highest BCUT2D eigenvalue weighted by atomic mass is 35.5. The largest absolute Gasteiger partial charge is 0.307 e. The Balaban J connectivity index is 1.93. The normalized spacial score (nSPS) is 21.8. The van der Waals surface area contributed by atoms with Crippen LogP contribution in [-0.4, -0.2) is 6.04 Å². The summed E-state index contributed by atoms with van der Waals surface area (Å²) in [7, 11) is 0. The molecule has 0 amide bonds. The molecule has 1 aliphatic rings. The Morgan fingerprint density at radius 2 is 1.83 bits per heavy atom. The van der Waals surface area contributed by atoms with Gasteiger partial charge >= 0.3 is 0 Å². The average molecular weight is 266 g/mol. The lowest BCUT2D eigenvalue weighted by Gasteiger charge is -2.36. The van der Waals surface area contributed by atoms with Crippen molar-refractivity contribution in [1.82, 2.24) is 5.32 Å². The van der Waals surface area contributed by atoms with Crippen molar-refractivity contribution in [3.63, 3.8) is 0 Å². The van der Waals surface area contributed by atoms with Gasteiger partial charge in [-0.25, -0.2) is 0 Å². The van der Waals surface area contributed by atoms with Crippen molar-refractivity contribution >= 4 is 11.6 Å². The highest BCUT2D eigenvalue weighted by Crippen LogP contribution is 2.36. The first-order valence-electron chi connectivity index (χ1n) is 6.98. The van der Waals surface area contributed by atoms with Crippen LogP contribution in [0.1, 0.15) is 58.1 Å². The van der Waals surface area contributed by atoms with E-state index >= 15 is 0 Å². The summed E-state index contributed by atoms with van der Waals surface area (Å²) in [6.07, 6.45) is 5.20. The molecule has 0 heterocycles. The topological polar surface area (TPSA) is 12.0 Å². The van der Waals surface area contributed by atoms with E-state index in [1.165, 1.54) is 31.2 Å². The van der Waals surface area contributed by atoms with Gasteiger partial charge in [0.05, 0.1) is 0 Å². The highest BCUT2D eigenvalue weighted by Gasteiger charge is 2.27. The summed E-state index contributed by atoms with van der Waals surface area (Å²) in [5.74, 6) is 0. The second kappa shape index (κ2) is 5.63. The van der Waals surface area contributed by atoms with Crippen LogP contribution in [0.4, 0.5) is 0 Å². The molecule has 1 aromatic rings. The van der Waals surface area contributed by atoms with Crippen LogP contribution in [0, 0.1) is 5.41 Å². The van der Waals surface area contributed by atoms with Crippen molar-refractivity contribution < 1.29 is 0 Å². The molecule has 1 aliphatic carbocycles. The molecule has 0 spiro atoms. The third-order valence-corrected chi connectivity index (χ3v) is 4.54. The van der Waals surface area contributed by atoms with E-state index < -0.39 is 0 Å². The van der Waals surface area contributed by atoms with Crippen LogP contribution in [0.5, 0.6) is 0 Å². The maximum atomic E-state index is 6.24. The molecule has 0 radical (unpaired) electrons. The van der Waals surface area contributed by atoms with E-state index in [4.69, 9.17) is 11.6 Å². The second-order valence-electron chi connectivity index (χ2n) is 6.35. The summed E-state index contributed by atoms with van der Waals surface area (Å²) in [4.78, 5) is 0. The number of rotatable bonds is 3. The number of hydrogen-bond acceptors (Lipinski definition) is 1. The monoisotopic (exact) mass is 265 g/mol. The molecule has 0 unspecified atom stereocenters. The van der Waals surface area contributed by atoms with Gasteiger partial charge in [-0.15, -0.1) is 0 Å². The quantitative estimate of drug-likeness (QED) is 0.815. The van der Waals surface area contributed by atoms with Gasteiger partial charge in [-0.2, -0.15) is 0 Å². The van der Waals surface area contributed by atoms with E-state index in [9.17, 15) is 0 Å². The van der Waals surface area contributed by atoms with E-state index in [1.807, 2.05) is 12.1 Å². The van der Waals surface area contributed by atoms with Crippen LogP contribution in [-0.2, 0) is 0 Å². The summed E-state index contributed by atoms with van der Waals surface area (Å²) in [5.41, 5.74) is 1.75. The van der Waals surface area contributed by atoms with Crippen molar-refractivity contribution in [2.75, 3.05) is 0 Å². The van der Waals surface area contributed by atoms with Gasteiger partial charge < -0.3 is 5.32 Å². The molecule has 0 saturated heterocycles. The molecule has 1 fully saturated rings. The van der Waals surface area contributed by atoms with Crippen molar-refractivity contribution in [2.45, 2.75) is 58.5 Å². The molecule has 1 atom stereocenters. The van der Waals surface area contributed by atoms with Gasteiger partial charge in [-0.05, 0) is 49.7 Å². The molecule has 0 bridgehead atoms. The first kappa shape index (κ1) is 13.9. The fourth-order valence-corrected chi connectivity index (χ4v) is 3.13. The third kappa shape index (κ3) is 3.49. The molecule has 18 heavy (non-hydrogen) atoms. The maximum Gasteiger partial charge on any atom is 0.0453 e. The van der Waals surface area contributed by atoms with Crippen molar-refractivity contribution in [1.29, 1.82) is 0 Å².